The molecule has 0 rings (SSSR count). The molecular weight excluding hydrogens is 108 g/mol. The zero-order valence-corrected chi connectivity index (χ0v) is 4.05. The molecule has 0 radical (unpaired) electrons. The average Bonchev–Trinajstić information content (AvgIpc) is 1.41. The van der Waals surface area contributed by atoms with Gasteiger partial charge in [-0.3, -0.25) is 0 Å². The van der Waals surface area contributed by atoms with Crippen LogP contribution in [0, 0.1) is 0 Å². The maximum absolute atomic E-state index is 7.17. The van der Waals surface area contributed by atoms with Crippen LogP contribution in [0.5, 0.6) is 0 Å². The third-order valence-corrected chi connectivity index (χ3v) is 0. The molecular formula is H4BClLi2O3. The van der Waals surface area contributed by atoms with E-state index < -0.39 is 7.32 Å². The molecule has 0 bridgehead atoms. The molecule has 0 aliphatic carbocycles. The van der Waals surface area contributed by atoms with Gasteiger partial charge in [0.15, 0.2) is 0 Å². The second-order valence-corrected chi connectivity index (χ2v) is 0.346. The standard InChI is InChI=1S/BH3O3.ClH.2Li.H/c2-1(3)4;;;;/h2-4H;1H;;;/q;;;+1;/p-1. The molecule has 34 valence electrons. The van der Waals surface area contributed by atoms with Crippen LogP contribution in [0.2, 0.25) is 0 Å². The van der Waals surface area contributed by atoms with E-state index in [-0.39, 0.29) is 18.9 Å². The van der Waals surface area contributed by atoms with Crippen LogP contribution in [-0.4, -0.2) is 58.0 Å². The van der Waals surface area contributed by atoms with Crippen molar-refractivity contribution in [1.29, 1.82) is 0 Å². The molecule has 7 heavy (non-hydrogen) atoms. The van der Waals surface area contributed by atoms with Gasteiger partial charge in [0.1, 0.15) is 0 Å². The fourth-order valence-corrected chi connectivity index (χ4v) is 0. The van der Waals surface area contributed by atoms with Crippen LogP contribution in [0.4, 0.5) is 0 Å². The number of hydrogen-bond acceptors (Lipinski definition) is 3. The van der Waals surface area contributed by atoms with Crippen LogP contribution >= 0.6 is 9.80 Å². The zero-order chi connectivity index (χ0) is 5.58. The van der Waals surface area contributed by atoms with E-state index in [9.17, 15) is 0 Å². The van der Waals surface area contributed by atoms with E-state index in [0.717, 1.165) is 0 Å². The first-order valence-corrected chi connectivity index (χ1v) is 1.91. The Hall–Kier alpha value is 1.43. The Kier molecular flexibility index (Phi) is 35.3. The van der Waals surface area contributed by atoms with Crippen molar-refractivity contribution in [2.24, 2.45) is 0 Å². The number of hydrogen-bond donors (Lipinski definition) is 3. The molecule has 0 aliphatic rings. The molecule has 0 fully saturated rings. The van der Waals surface area contributed by atoms with E-state index in [0.29, 0.717) is 0 Å². The molecule has 3 nitrogen and oxygen atoms in total. The van der Waals surface area contributed by atoms with E-state index >= 15 is 0 Å². The van der Waals surface area contributed by atoms with Crippen LogP contribution in [0.25, 0.3) is 0 Å². The van der Waals surface area contributed by atoms with Crippen molar-refractivity contribution in [1.82, 2.24) is 0 Å². The Morgan fingerprint density at radius 3 is 1.14 bits per heavy atom. The molecule has 0 aromatic carbocycles. The summed E-state index contributed by atoms with van der Waals surface area (Å²) in [5.74, 6) is 0. The molecule has 0 atom stereocenters. The molecule has 7 heteroatoms. The molecule has 0 aromatic rings. The van der Waals surface area contributed by atoms with E-state index in [4.69, 9.17) is 15.1 Å². The van der Waals surface area contributed by atoms with Crippen LogP contribution in [0.3, 0.4) is 0 Å². The fourth-order valence-electron chi connectivity index (χ4n) is 0. The number of rotatable bonds is 0. The van der Waals surface area contributed by atoms with Gasteiger partial charge in [-0.05, 0) is 0 Å². The van der Waals surface area contributed by atoms with Crippen LogP contribution in [-0.2, 0) is 0 Å². The topological polar surface area (TPSA) is 60.7 Å². The second-order valence-electron chi connectivity index (χ2n) is 0.346. The molecule has 0 spiro atoms. The Labute approximate surface area is 67.7 Å². The number of halogens is 1. The molecule has 0 amide bonds. The van der Waals surface area contributed by atoms with Crippen molar-refractivity contribution in [3.8, 4) is 0 Å². The Bertz CT molecular complexity index is 17.7. The SMILES string of the molecule is OB(O)O.[LiH].[Li][Cl]. The van der Waals surface area contributed by atoms with Crippen LogP contribution < -0.4 is 0 Å². The zero-order valence-electron chi connectivity index (χ0n) is 3.30. The van der Waals surface area contributed by atoms with Gasteiger partial charge in [0.25, 0.3) is 0 Å². The molecule has 0 aliphatic heterocycles. The average molecular weight is 112 g/mol. The second kappa shape index (κ2) is 15.7. The predicted molar refractivity (Wildman–Crippen MR) is 31.2 cm³/mol. The van der Waals surface area contributed by atoms with Crippen molar-refractivity contribution >= 4 is 52.7 Å². The molecule has 0 heterocycles. The monoisotopic (exact) mass is 112 g/mol. The Morgan fingerprint density at radius 1 is 1.14 bits per heavy atom. The summed E-state index contributed by atoms with van der Waals surface area (Å²) in [6.07, 6.45) is 0. The van der Waals surface area contributed by atoms with Gasteiger partial charge < -0.3 is 15.1 Å². The minimum atomic E-state index is -2.17. The van der Waals surface area contributed by atoms with Gasteiger partial charge in [-0.2, -0.15) is 0 Å². The van der Waals surface area contributed by atoms with Gasteiger partial charge in [0, 0.05) is 0 Å². The first-order chi connectivity index (χ1) is 2.73. The van der Waals surface area contributed by atoms with E-state index in [1.165, 1.54) is 16.7 Å². The van der Waals surface area contributed by atoms with Crippen molar-refractivity contribution in [3.05, 3.63) is 0 Å². The van der Waals surface area contributed by atoms with Gasteiger partial charge in [-0.1, -0.05) is 0 Å². The summed E-state index contributed by atoms with van der Waals surface area (Å²) in [5, 5.41) is 21.5. The molecule has 0 unspecified atom stereocenters. The minimum absolute atomic E-state index is 0. The van der Waals surface area contributed by atoms with Crippen molar-refractivity contribution < 1.29 is 15.1 Å². The Balaban J connectivity index is -0.0000000480. The molecule has 0 saturated heterocycles. The predicted octanol–water partition coefficient (Wildman–Crippen LogP) is -2.39. The third kappa shape index (κ3) is 107. The first-order valence-electron chi connectivity index (χ1n) is 1.15. The summed E-state index contributed by atoms with van der Waals surface area (Å²) in [7, 11) is 2.47. The summed E-state index contributed by atoms with van der Waals surface area (Å²) >= 11 is 1.47. The van der Waals surface area contributed by atoms with E-state index in [1.807, 2.05) is 0 Å². The summed E-state index contributed by atoms with van der Waals surface area (Å²) in [6, 6.07) is 0. The van der Waals surface area contributed by atoms with Gasteiger partial charge in [0.05, 0.1) is 0 Å². The molecule has 3 N–H and O–H groups in total. The third-order valence-electron chi connectivity index (χ3n) is 0. The van der Waals surface area contributed by atoms with Gasteiger partial charge >= 0.3 is 52.7 Å². The van der Waals surface area contributed by atoms with Crippen molar-refractivity contribution in [2.75, 3.05) is 0 Å². The van der Waals surface area contributed by atoms with Crippen molar-refractivity contribution in [3.63, 3.8) is 0 Å². The fraction of sp³-hybridized carbons (Fsp3) is 0. The van der Waals surface area contributed by atoms with Crippen molar-refractivity contribution in [2.45, 2.75) is 0 Å². The Morgan fingerprint density at radius 2 is 1.14 bits per heavy atom. The summed E-state index contributed by atoms with van der Waals surface area (Å²) < 4.78 is 0. The van der Waals surface area contributed by atoms with Gasteiger partial charge in [-0.25, -0.2) is 0 Å². The van der Waals surface area contributed by atoms with Gasteiger partial charge in [-0.15, -0.1) is 0 Å². The van der Waals surface area contributed by atoms with E-state index in [2.05, 4.69) is 9.80 Å². The quantitative estimate of drug-likeness (QED) is 0.306. The van der Waals surface area contributed by atoms with E-state index in [1.54, 1.807) is 0 Å². The summed E-state index contributed by atoms with van der Waals surface area (Å²) in [6.45, 7) is 0. The summed E-state index contributed by atoms with van der Waals surface area (Å²) in [5.41, 5.74) is 0. The summed E-state index contributed by atoms with van der Waals surface area (Å²) in [4.78, 5) is 0. The van der Waals surface area contributed by atoms with Crippen LogP contribution in [0.15, 0.2) is 0 Å². The maximum atomic E-state index is 7.17. The van der Waals surface area contributed by atoms with Crippen LogP contribution in [0.1, 0.15) is 0 Å². The molecule has 0 aromatic heterocycles. The van der Waals surface area contributed by atoms with Gasteiger partial charge in [0.2, 0.25) is 0 Å². The first kappa shape index (κ1) is 15.8. The molecule has 0 saturated carbocycles. The normalized spacial score (nSPS) is 4.86.